The van der Waals surface area contributed by atoms with Crippen LogP contribution < -0.4 is 13.6 Å². The number of nitrogens with zero attached hydrogens (tertiary/aromatic N) is 1. The van der Waals surface area contributed by atoms with Gasteiger partial charge in [0, 0.05) is 13.1 Å². The predicted molar refractivity (Wildman–Crippen MR) is 157 cm³/mol. The summed E-state index contributed by atoms with van der Waals surface area (Å²) < 4.78 is 27.5. The minimum absolute atomic E-state index is 0.0143. The first-order chi connectivity index (χ1) is 18.0. The number of ether oxygens (including phenoxy) is 1. The van der Waals surface area contributed by atoms with E-state index in [1.807, 2.05) is 18.2 Å². The fraction of sp³-hybridized carbons (Fsp3) is 0.552. The number of amides is 1. The number of anilines is 1. The van der Waals surface area contributed by atoms with E-state index >= 15 is 0 Å². The van der Waals surface area contributed by atoms with Crippen molar-refractivity contribution in [3.63, 3.8) is 0 Å². The smallest absolute Gasteiger partial charge is 0.316 e. The number of hydrogen-bond acceptors (Lipinski definition) is 5. The molecule has 7 nitrogen and oxygen atoms in total. The number of halogens is 1. The summed E-state index contributed by atoms with van der Waals surface area (Å²) in [5, 5.41) is 10.6. The average Bonchev–Trinajstić information content (AvgIpc) is 2.86. The van der Waals surface area contributed by atoms with Crippen LogP contribution in [0.15, 0.2) is 30.3 Å². The molecule has 0 radical (unpaired) electrons. The summed E-state index contributed by atoms with van der Waals surface area (Å²) in [6, 6.07) is 8.52. The Hall–Kier alpha value is -2.45. The maximum Gasteiger partial charge on any atom is 0.316 e. The highest BCUT2D eigenvalue weighted by molar-refractivity contribution is 7.82. The first-order valence-corrected chi connectivity index (χ1v) is 14.9. The van der Waals surface area contributed by atoms with Gasteiger partial charge in [0.05, 0.1) is 22.9 Å². The predicted octanol–water partition coefficient (Wildman–Crippen LogP) is 7.63. The Bertz CT molecular complexity index is 1080. The molecular weight excluding hydrogens is 524 g/mol. The van der Waals surface area contributed by atoms with Gasteiger partial charge >= 0.3 is 11.3 Å². The molecule has 212 valence electrons. The van der Waals surface area contributed by atoms with E-state index in [1.54, 1.807) is 4.90 Å². The molecule has 2 rings (SSSR count). The molecule has 2 N–H and O–H groups in total. The Balaban J connectivity index is 2.30. The highest BCUT2D eigenvalue weighted by Crippen LogP contribution is 2.35. The van der Waals surface area contributed by atoms with Crippen LogP contribution in [0.25, 0.3) is 0 Å². The second-order valence-electron chi connectivity index (χ2n) is 10.4. The van der Waals surface area contributed by atoms with E-state index in [-0.39, 0.29) is 27.7 Å². The van der Waals surface area contributed by atoms with Crippen LogP contribution >= 0.6 is 11.6 Å². The number of aromatic hydroxyl groups is 1. The monoisotopic (exact) mass is 566 g/mol. The molecular formula is C29H43ClN2O5S. The van der Waals surface area contributed by atoms with Crippen molar-refractivity contribution in [2.24, 2.45) is 0 Å². The Morgan fingerprint density at radius 2 is 1.63 bits per heavy atom. The van der Waals surface area contributed by atoms with Crippen LogP contribution in [0, 0.1) is 0 Å². The lowest BCUT2D eigenvalue weighted by Gasteiger charge is -2.23. The van der Waals surface area contributed by atoms with Crippen LogP contribution in [0.3, 0.4) is 0 Å². The van der Waals surface area contributed by atoms with Gasteiger partial charge in [0.25, 0.3) is 5.91 Å². The molecule has 0 aliphatic rings. The van der Waals surface area contributed by atoms with Gasteiger partial charge in [-0.05, 0) is 54.5 Å². The summed E-state index contributed by atoms with van der Waals surface area (Å²) in [7, 11) is 0. The molecule has 38 heavy (non-hydrogen) atoms. The largest absolute Gasteiger partial charge is 0.506 e. The summed E-state index contributed by atoms with van der Waals surface area (Å²) in [6.45, 7) is 14.2. The molecule has 0 aromatic heterocycles. The quantitative estimate of drug-likeness (QED) is 0.171. The minimum Gasteiger partial charge on any atom is -0.506 e. The number of hydrogen-bond donors (Lipinski definition) is 2. The van der Waals surface area contributed by atoms with E-state index in [2.05, 4.69) is 46.3 Å². The first-order valence-electron chi connectivity index (χ1n) is 13.5. The zero-order chi connectivity index (χ0) is 28.3. The number of carbonyl (C=O) groups excluding carboxylic acids is 1. The number of rotatable bonds is 15. The molecule has 1 amide bonds. The Morgan fingerprint density at radius 3 is 2.21 bits per heavy atom. The highest BCUT2D eigenvalue weighted by Gasteiger charge is 2.23. The van der Waals surface area contributed by atoms with Crippen LogP contribution in [-0.4, -0.2) is 39.8 Å². The summed E-state index contributed by atoms with van der Waals surface area (Å²) in [4.78, 5) is 15.0. The second kappa shape index (κ2) is 15.2. The summed E-state index contributed by atoms with van der Waals surface area (Å²) in [5.74, 6) is 0.247. The molecule has 0 heterocycles. The van der Waals surface area contributed by atoms with Crippen LogP contribution in [-0.2, 0) is 16.7 Å². The number of carbonyl (C=O) groups is 1. The first kappa shape index (κ1) is 31.8. The molecule has 1 unspecified atom stereocenters. The number of benzene rings is 2. The lowest BCUT2D eigenvalue weighted by Crippen LogP contribution is -2.33. The van der Waals surface area contributed by atoms with Gasteiger partial charge in [-0.2, -0.15) is 4.21 Å². The standard InChI is InChI=1S/C29H43ClN2O5S/c1-7-10-15-32(16-11-8-2)28(34)23-19-22(20-24(30)27(23)33)31-38(35)37-26-18-21(29(4,5)6)13-14-25(26)36-17-12-9-3/h13-14,18-20,31,33H,7-12,15-17H2,1-6H3. The second-order valence-corrected chi connectivity index (χ2v) is 11.6. The van der Waals surface area contributed by atoms with Crippen LogP contribution in [0.1, 0.15) is 96.0 Å². The minimum atomic E-state index is -2.03. The van der Waals surface area contributed by atoms with Gasteiger partial charge in [0.2, 0.25) is 0 Å². The highest BCUT2D eigenvalue weighted by atomic mass is 35.5. The summed E-state index contributed by atoms with van der Waals surface area (Å²) >= 11 is 4.24. The zero-order valence-electron chi connectivity index (χ0n) is 23.6. The van der Waals surface area contributed by atoms with Crippen molar-refractivity contribution in [2.75, 3.05) is 24.4 Å². The van der Waals surface area contributed by atoms with Crippen molar-refractivity contribution in [1.29, 1.82) is 0 Å². The van der Waals surface area contributed by atoms with Crippen molar-refractivity contribution < 1.29 is 23.0 Å². The van der Waals surface area contributed by atoms with E-state index in [0.29, 0.717) is 36.9 Å². The van der Waals surface area contributed by atoms with Crippen LogP contribution in [0.2, 0.25) is 5.02 Å². The van der Waals surface area contributed by atoms with Gasteiger partial charge < -0.3 is 18.9 Å². The summed E-state index contributed by atoms with van der Waals surface area (Å²) in [6.07, 6.45) is 5.48. The van der Waals surface area contributed by atoms with Crippen molar-refractivity contribution in [2.45, 2.75) is 85.5 Å². The Kier molecular flexibility index (Phi) is 12.7. The van der Waals surface area contributed by atoms with Crippen molar-refractivity contribution in [3.05, 3.63) is 46.5 Å². The third kappa shape index (κ3) is 9.38. The normalized spacial score (nSPS) is 12.2. The van der Waals surface area contributed by atoms with Gasteiger partial charge in [0.15, 0.2) is 11.5 Å². The molecule has 0 aliphatic carbocycles. The average molecular weight is 567 g/mol. The molecule has 2 aromatic carbocycles. The molecule has 0 bridgehead atoms. The van der Waals surface area contributed by atoms with Crippen molar-refractivity contribution in [1.82, 2.24) is 4.90 Å². The molecule has 9 heteroatoms. The zero-order valence-corrected chi connectivity index (χ0v) is 25.1. The van der Waals surface area contributed by atoms with Crippen LogP contribution in [0.4, 0.5) is 5.69 Å². The molecule has 0 aliphatic heterocycles. The van der Waals surface area contributed by atoms with E-state index < -0.39 is 11.3 Å². The van der Waals surface area contributed by atoms with Gasteiger partial charge in [-0.1, -0.05) is 78.5 Å². The number of nitrogens with one attached hydrogen (secondary N) is 1. The van der Waals surface area contributed by atoms with Crippen molar-refractivity contribution >= 4 is 34.5 Å². The van der Waals surface area contributed by atoms with Gasteiger partial charge in [-0.25, -0.2) is 0 Å². The molecule has 0 fully saturated rings. The van der Waals surface area contributed by atoms with Crippen molar-refractivity contribution in [3.8, 4) is 17.2 Å². The molecule has 1 atom stereocenters. The molecule has 0 spiro atoms. The van der Waals surface area contributed by atoms with E-state index in [1.165, 1.54) is 12.1 Å². The third-order valence-electron chi connectivity index (χ3n) is 6.08. The Morgan fingerprint density at radius 1 is 1.00 bits per heavy atom. The lowest BCUT2D eigenvalue weighted by molar-refractivity contribution is 0.0748. The maximum absolute atomic E-state index is 13.3. The van der Waals surface area contributed by atoms with E-state index in [9.17, 15) is 14.1 Å². The third-order valence-corrected chi connectivity index (χ3v) is 7.10. The topological polar surface area (TPSA) is 88.1 Å². The molecule has 2 aromatic rings. The summed E-state index contributed by atoms with van der Waals surface area (Å²) in [5.41, 5.74) is 1.21. The molecule has 0 saturated carbocycles. The number of unbranched alkanes of at least 4 members (excludes halogenated alkanes) is 3. The van der Waals surface area contributed by atoms with Crippen LogP contribution in [0.5, 0.6) is 17.2 Å². The fourth-order valence-electron chi connectivity index (χ4n) is 3.69. The number of phenolic OH excluding ortho intramolecular Hbond substituents is 1. The van der Waals surface area contributed by atoms with Gasteiger partial charge in [0.1, 0.15) is 5.75 Å². The molecule has 0 saturated heterocycles. The van der Waals surface area contributed by atoms with E-state index in [0.717, 1.165) is 44.1 Å². The maximum atomic E-state index is 13.3. The van der Waals surface area contributed by atoms with E-state index in [4.69, 9.17) is 20.5 Å². The fourth-order valence-corrected chi connectivity index (χ4v) is 4.55. The Labute approximate surface area is 235 Å². The number of phenols is 1. The van der Waals surface area contributed by atoms with Gasteiger partial charge in [-0.15, -0.1) is 0 Å². The lowest BCUT2D eigenvalue weighted by atomic mass is 9.87. The van der Waals surface area contributed by atoms with Gasteiger partial charge in [-0.3, -0.25) is 9.52 Å². The SMILES string of the molecule is CCCCOc1ccc(C(C)(C)C)cc1OS(=O)Nc1cc(Cl)c(O)c(C(=O)N(CCCC)CCCC)c1.